The molecule has 1 fully saturated rings. The third-order valence-electron chi connectivity index (χ3n) is 4.39. The minimum atomic E-state index is -0.102. The Kier molecular flexibility index (Phi) is 3.80. The number of thioether (sulfide) groups is 1. The van der Waals surface area contributed by atoms with Crippen molar-refractivity contribution in [2.24, 2.45) is 14.1 Å². The molecule has 1 aromatic carbocycles. The van der Waals surface area contributed by atoms with Crippen molar-refractivity contribution in [3.8, 4) is 0 Å². The van der Waals surface area contributed by atoms with Gasteiger partial charge < -0.3 is 9.47 Å². The quantitative estimate of drug-likeness (QED) is 0.735. The third-order valence-corrected chi connectivity index (χ3v) is 5.68. The van der Waals surface area contributed by atoms with Crippen LogP contribution in [0, 0.1) is 0 Å². The number of anilines is 1. The van der Waals surface area contributed by atoms with Gasteiger partial charge in [0.2, 0.25) is 5.91 Å². The zero-order valence-electron chi connectivity index (χ0n) is 13.7. The zero-order valence-corrected chi connectivity index (χ0v) is 14.5. The largest absolute Gasteiger partial charge is 0.322 e. The average molecular weight is 341 g/mol. The summed E-state index contributed by atoms with van der Waals surface area (Å²) >= 11 is 1.56. The lowest BCUT2D eigenvalue weighted by atomic mass is 10.1. The van der Waals surface area contributed by atoms with E-state index in [2.05, 4.69) is 20.7 Å². The second-order valence-electron chi connectivity index (χ2n) is 6.05. The molecular formula is C17H19N5OS. The minimum absolute atomic E-state index is 0.102. The number of hydrogen-bond acceptors (Lipinski definition) is 4. The number of fused-ring (bicyclic) bond motifs is 1. The van der Waals surface area contributed by atoms with Crippen LogP contribution in [0.4, 0.5) is 5.69 Å². The van der Waals surface area contributed by atoms with Gasteiger partial charge in [0, 0.05) is 26.8 Å². The first-order valence-corrected chi connectivity index (χ1v) is 8.89. The first-order valence-electron chi connectivity index (χ1n) is 8.01. The Balaban J connectivity index is 1.59. The molecule has 3 aromatic rings. The van der Waals surface area contributed by atoms with Crippen LogP contribution in [0.1, 0.15) is 12.8 Å². The highest BCUT2D eigenvalue weighted by Crippen LogP contribution is 2.33. The van der Waals surface area contributed by atoms with Crippen LogP contribution in [0.5, 0.6) is 0 Å². The Bertz CT molecular complexity index is 899. The molecule has 1 aliphatic rings. The number of para-hydroxylation sites is 2. The van der Waals surface area contributed by atoms with Crippen molar-refractivity contribution in [3.63, 3.8) is 0 Å². The molecule has 1 unspecified atom stereocenters. The van der Waals surface area contributed by atoms with Gasteiger partial charge in [-0.05, 0) is 25.0 Å². The Morgan fingerprint density at radius 2 is 2.08 bits per heavy atom. The van der Waals surface area contributed by atoms with E-state index in [9.17, 15) is 4.79 Å². The Morgan fingerprint density at radius 1 is 1.25 bits per heavy atom. The summed E-state index contributed by atoms with van der Waals surface area (Å²) in [4.78, 5) is 19.4. The van der Waals surface area contributed by atoms with E-state index in [4.69, 9.17) is 0 Å². The second-order valence-corrected chi connectivity index (χ2v) is 7.22. The molecule has 0 aliphatic carbocycles. The number of imidazole rings is 1. The van der Waals surface area contributed by atoms with Crippen LogP contribution in [0.3, 0.4) is 0 Å². The number of carbonyl (C=O) groups is 1. The maximum absolute atomic E-state index is 12.9. The van der Waals surface area contributed by atoms with Crippen LogP contribution in [0.2, 0.25) is 0 Å². The summed E-state index contributed by atoms with van der Waals surface area (Å²) in [5, 5.41) is 4.97. The molecule has 1 aliphatic heterocycles. The number of aromatic nitrogens is 4. The first-order chi connectivity index (χ1) is 11.6. The maximum atomic E-state index is 12.9. The number of piperidine rings is 1. The number of nitrogens with zero attached hydrogens (tertiary/aromatic N) is 5. The van der Waals surface area contributed by atoms with Crippen LogP contribution in [-0.2, 0) is 18.9 Å². The van der Waals surface area contributed by atoms with Gasteiger partial charge in [-0.3, -0.25) is 9.48 Å². The van der Waals surface area contributed by atoms with Crippen molar-refractivity contribution in [1.29, 1.82) is 0 Å². The molecule has 6 nitrogen and oxygen atoms in total. The van der Waals surface area contributed by atoms with E-state index < -0.39 is 0 Å². The standard InChI is InChI=1S/C17H19N5OS/c1-20-11-12(10-18-20)22-9-5-8-15(16(22)23)24-17-19-13-6-3-4-7-14(13)21(17)2/h3-4,6-7,10-11,15H,5,8-9H2,1-2H3. The number of carbonyl (C=O) groups excluding carboxylic acids is 1. The lowest BCUT2D eigenvalue weighted by molar-refractivity contribution is -0.119. The van der Waals surface area contributed by atoms with Crippen LogP contribution >= 0.6 is 11.8 Å². The minimum Gasteiger partial charge on any atom is -0.322 e. The molecule has 124 valence electrons. The lowest BCUT2D eigenvalue weighted by Crippen LogP contribution is -2.42. The smallest absolute Gasteiger partial charge is 0.240 e. The molecular weight excluding hydrogens is 322 g/mol. The van der Waals surface area contributed by atoms with Gasteiger partial charge in [0.1, 0.15) is 0 Å². The molecule has 24 heavy (non-hydrogen) atoms. The van der Waals surface area contributed by atoms with Crippen molar-refractivity contribution < 1.29 is 4.79 Å². The Hall–Kier alpha value is -2.28. The van der Waals surface area contributed by atoms with E-state index >= 15 is 0 Å². The van der Waals surface area contributed by atoms with Gasteiger partial charge in [-0.1, -0.05) is 23.9 Å². The molecule has 2 aromatic heterocycles. The molecule has 7 heteroatoms. The van der Waals surface area contributed by atoms with E-state index in [0.29, 0.717) is 0 Å². The molecule has 3 heterocycles. The molecule has 1 amide bonds. The predicted molar refractivity (Wildman–Crippen MR) is 95.2 cm³/mol. The summed E-state index contributed by atoms with van der Waals surface area (Å²) in [5.41, 5.74) is 2.93. The van der Waals surface area contributed by atoms with Crippen LogP contribution in [0.15, 0.2) is 41.8 Å². The monoisotopic (exact) mass is 341 g/mol. The van der Waals surface area contributed by atoms with Crippen molar-refractivity contribution >= 4 is 34.4 Å². The summed E-state index contributed by atoms with van der Waals surface area (Å²) in [6.07, 6.45) is 5.51. The van der Waals surface area contributed by atoms with E-state index in [1.54, 1.807) is 22.6 Å². The maximum Gasteiger partial charge on any atom is 0.240 e. The molecule has 4 rings (SSSR count). The highest BCUT2D eigenvalue weighted by atomic mass is 32.2. The van der Waals surface area contributed by atoms with Gasteiger partial charge in [-0.15, -0.1) is 0 Å². The predicted octanol–water partition coefficient (Wildman–Crippen LogP) is 2.59. The number of amides is 1. The van der Waals surface area contributed by atoms with E-state index in [1.165, 1.54) is 0 Å². The second kappa shape index (κ2) is 5.98. The van der Waals surface area contributed by atoms with Gasteiger partial charge in [-0.25, -0.2) is 4.98 Å². The van der Waals surface area contributed by atoms with Gasteiger partial charge in [-0.2, -0.15) is 5.10 Å². The van der Waals surface area contributed by atoms with Crippen molar-refractivity contribution in [1.82, 2.24) is 19.3 Å². The molecule has 1 saturated heterocycles. The van der Waals surface area contributed by atoms with Gasteiger partial charge in [0.15, 0.2) is 5.16 Å². The molecule has 0 saturated carbocycles. The highest BCUT2D eigenvalue weighted by Gasteiger charge is 2.32. The summed E-state index contributed by atoms with van der Waals surface area (Å²) in [6, 6.07) is 8.05. The van der Waals surface area contributed by atoms with Crippen molar-refractivity contribution in [2.45, 2.75) is 23.2 Å². The fourth-order valence-corrected chi connectivity index (χ4v) is 4.29. The average Bonchev–Trinajstić information content (AvgIpc) is 3.14. The van der Waals surface area contributed by atoms with E-state index in [1.807, 2.05) is 43.4 Å². The number of aryl methyl sites for hydroxylation is 2. The molecule has 1 atom stereocenters. The van der Waals surface area contributed by atoms with Crippen LogP contribution < -0.4 is 4.90 Å². The molecule has 0 bridgehead atoms. The first kappa shape index (κ1) is 15.3. The molecule has 0 radical (unpaired) electrons. The fourth-order valence-electron chi connectivity index (χ4n) is 3.11. The van der Waals surface area contributed by atoms with Gasteiger partial charge in [0.25, 0.3) is 0 Å². The van der Waals surface area contributed by atoms with Crippen molar-refractivity contribution in [2.75, 3.05) is 11.4 Å². The summed E-state index contributed by atoms with van der Waals surface area (Å²) < 4.78 is 3.79. The molecule has 0 spiro atoms. The summed E-state index contributed by atoms with van der Waals surface area (Å²) in [7, 11) is 3.87. The van der Waals surface area contributed by atoms with Crippen LogP contribution in [0.25, 0.3) is 11.0 Å². The lowest BCUT2D eigenvalue weighted by Gasteiger charge is -2.30. The SMILES string of the molecule is Cn1cc(N2CCCC(Sc3nc4ccccc4n3C)C2=O)cn1. The molecule has 0 N–H and O–H groups in total. The number of benzene rings is 1. The van der Waals surface area contributed by atoms with Gasteiger partial charge in [0.05, 0.1) is 28.2 Å². The topological polar surface area (TPSA) is 56.0 Å². The van der Waals surface area contributed by atoms with E-state index in [-0.39, 0.29) is 11.2 Å². The third kappa shape index (κ3) is 2.58. The normalized spacial score (nSPS) is 18.5. The number of rotatable bonds is 3. The fraction of sp³-hybridized carbons (Fsp3) is 0.353. The van der Waals surface area contributed by atoms with E-state index in [0.717, 1.165) is 41.3 Å². The van der Waals surface area contributed by atoms with Crippen molar-refractivity contribution in [3.05, 3.63) is 36.7 Å². The van der Waals surface area contributed by atoms with Gasteiger partial charge >= 0.3 is 0 Å². The number of hydrogen-bond donors (Lipinski definition) is 0. The highest BCUT2D eigenvalue weighted by molar-refractivity contribution is 8.00. The zero-order chi connectivity index (χ0) is 16.7. The summed E-state index contributed by atoms with van der Waals surface area (Å²) in [6.45, 7) is 0.754. The Labute approximate surface area is 144 Å². The van der Waals surface area contributed by atoms with Crippen LogP contribution in [-0.4, -0.2) is 37.0 Å². The Morgan fingerprint density at radius 3 is 2.83 bits per heavy atom. The summed E-state index contributed by atoms with van der Waals surface area (Å²) in [5.74, 6) is 0.145.